The Balaban J connectivity index is 2.32. The van der Waals surface area contributed by atoms with Gasteiger partial charge in [-0.2, -0.15) is 0 Å². The molecule has 2 atom stereocenters. The summed E-state index contributed by atoms with van der Waals surface area (Å²) in [5, 5.41) is 3.69. The lowest BCUT2D eigenvalue weighted by atomic mass is 10.0. The van der Waals surface area contributed by atoms with Gasteiger partial charge < -0.3 is 5.32 Å². The van der Waals surface area contributed by atoms with Crippen molar-refractivity contribution in [3.8, 4) is 0 Å². The van der Waals surface area contributed by atoms with Crippen LogP contribution in [0.15, 0.2) is 0 Å². The first-order valence-electron chi connectivity index (χ1n) is 7.79. The summed E-state index contributed by atoms with van der Waals surface area (Å²) in [6.07, 6.45) is 9.50. The summed E-state index contributed by atoms with van der Waals surface area (Å²) in [5.41, 5.74) is 0. The molecule has 0 spiro atoms. The highest BCUT2D eigenvalue weighted by atomic mass is 15.2. The smallest absolute Gasteiger partial charge is 0.0221 e. The summed E-state index contributed by atoms with van der Waals surface area (Å²) in [6.45, 7) is 10.7. The molecule has 1 rings (SSSR count). The van der Waals surface area contributed by atoms with E-state index in [1.54, 1.807) is 0 Å². The van der Waals surface area contributed by atoms with E-state index in [9.17, 15) is 0 Å². The number of piperazine rings is 1. The molecule has 2 heteroatoms. The van der Waals surface area contributed by atoms with Crippen molar-refractivity contribution in [2.75, 3.05) is 19.6 Å². The fourth-order valence-electron chi connectivity index (χ4n) is 2.84. The Labute approximate surface area is 108 Å². The number of hydrogen-bond donors (Lipinski definition) is 1. The Bertz CT molecular complexity index is 182. The molecule has 1 aliphatic rings. The maximum atomic E-state index is 3.69. The lowest BCUT2D eigenvalue weighted by Gasteiger charge is -2.40. The minimum atomic E-state index is 0.731. The van der Waals surface area contributed by atoms with Crippen molar-refractivity contribution in [2.24, 2.45) is 0 Å². The second kappa shape index (κ2) is 8.93. The molecule has 0 radical (unpaired) electrons. The molecule has 0 aromatic rings. The topological polar surface area (TPSA) is 15.3 Å². The van der Waals surface area contributed by atoms with Gasteiger partial charge in [0.15, 0.2) is 0 Å². The molecule has 102 valence electrons. The van der Waals surface area contributed by atoms with Gasteiger partial charge in [0.1, 0.15) is 0 Å². The zero-order valence-electron chi connectivity index (χ0n) is 12.2. The molecule has 17 heavy (non-hydrogen) atoms. The molecule has 1 heterocycles. The first-order chi connectivity index (χ1) is 8.31. The number of hydrogen-bond acceptors (Lipinski definition) is 2. The average molecular weight is 240 g/mol. The second-order valence-electron chi connectivity index (χ2n) is 5.51. The Kier molecular flexibility index (Phi) is 7.87. The van der Waals surface area contributed by atoms with Gasteiger partial charge in [0, 0.05) is 25.2 Å². The molecule has 0 bridgehead atoms. The Morgan fingerprint density at radius 3 is 2.53 bits per heavy atom. The summed E-state index contributed by atoms with van der Waals surface area (Å²) >= 11 is 0. The van der Waals surface area contributed by atoms with E-state index in [4.69, 9.17) is 0 Å². The number of nitrogens with zero attached hydrogens (tertiary/aromatic N) is 1. The van der Waals surface area contributed by atoms with Crippen molar-refractivity contribution < 1.29 is 0 Å². The van der Waals surface area contributed by atoms with Gasteiger partial charge in [0.25, 0.3) is 0 Å². The molecule has 2 nitrogen and oxygen atoms in total. The van der Waals surface area contributed by atoms with Crippen LogP contribution in [0.1, 0.15) is 65.7 Å². The zero-order chi connectivity index (χ0) is 12.5. The Morgan fingerprint density at radius 2 is 1.88 bits per heavy atom. The highest BCUT2D eigenvalue weighted by molar-refractivity contribution is 4.85. The van der Waals surface area contributed by atoms with Crippen LogP contribution >= 0.6 is 0 Å². The third kappa shape index (κ3) is 5.39. The molecule has 0 amide bonds. The minimum absolute atomic E-state index is 0.731. The van der Waals surface area contributed by atoms with Crippen LogP contribution in [0.2, 0.25) is 0 Å². The summed E-state index contributed by atoms with van der Waals surface area (Å²) in [4.78, 5) is 2.75. The molecule has 0 aliphatic carbocycles. The number of rotatable bonds is 8. The lowest BCUT2D eigenvalue weighted by molar-refractivity contribution is 0.119. The van der Waals surface area contributed by atoms with E-state index in [2.05, 4.69) is 31.0 Å². The van der Waals surface area contributed by atoms with E-state index in [0.29, 0.717) is 0 Å². The molecule has 1 fully saturated rings. The minimum Gasteiger partial charge on any atom is -0.311 e. The predicted octanol–water partition coefficient (Wildman–Crippen LogP) is 3.42. The first kappa shape index (κ1) is 15.0. The van der Waals surface area contributed by atoms with E-state index >= 15 is 0 Å². The quantitative estimate of drug-likeness (QED) is 0.654. The van der Waals surface area contributed by atoms with Crippen molar-refractivity contribution in [1.82, 2.24) is 10.2 Å². The molecule has 0 aromatic heterocycles. The van der Waals surface area contributed by atoms with Gasteiger partial charge in [0.05, 0.1) is 0 Å². The lowest BCUT2D eigenvalue weighted by Crippen LogP contribution is -2.56. The molecule has 0 saturated carbocycles. The van der Waals surface area contributed by atoms with Crippen LogP contribution in [0.3, 0.4) is 0 Å². The van der Waals surface area contributed by atoms with Crippen LogP contribution < -0.4 is 5.32 Å². The second-order valence-corrected chi connectivity index (χ2v) is 5.51. The first-order valence-corrected chi connectivity index (χ1v) is 7.79. The van der Waals surface area contributed by atoms with E-state index in [0.717, 1.165) is 12.1 Å². The Morgan fingerprint density at radius 1 is 1.06 bits per heavy atom. The van der Waals surface area contributed by atoms with Gasteiger partial charge in [0.2, 0.25) is 0 Å². The largest absolute Gasteiger partial charge is 0.311 e. The summed E-state index contributed by atoms with van der Waals surface area (Å²) in [7, 11) is 0. The molecule has 1 aliphatic heterocycles. The van der Waals surface area contributed by atoms with Gasteiger partial charge in [-0.1, -0.05) is 46.5 Å². The van der Waals surface area contributed by atoms with E-state index in [-0.39, 0.29) is 0 Å². The van der Waals surface area contributed by atoms with Crippen molar-refractivity contribution in [1.29, 1.82) is 0 Å². The standard InChI is InChI=1S/C15H32N2/c1-4-7-8-9-11-17-13-14(6-3)16-12-15(17)10-5-2/h14-16H,4-13H2,1-3H3. The molecule has 1 N–H and O–H groups in total. The summed E-state index contributed by atoms with van der Waals surface area (Å²) in [6, 6.07) is 1.53. The van der Waals surface area contributed by atoms with E-state index in [1.165, 1.54) is 64.6 Å². The normalized spacial score (nSPS) is 26.3. The van der Waals surface area contributed by atoms with Crippen LogP contribution in [0.5, 0.6) is 0 Å². The number of unbranched alkanes of at least 4 members (excludes halogenated alkanes) is 3. The van der Waals surface area contributed by atoms with Crippen LogP contribution in [-0.4, -0.2) is 36.6 Å². The third-order valence-electron chi connectivity index (χ3n) is 4.03. The SMILES string of the molecule is CCCCCCN1CC(CC)NCC1CCC. The van der Waals surface area contributed by atoms with E-state index < -0.39 is 0 Å². The monoisotopic (exact) mass is 240 g/mol. The maximum absolute atomic E-state index is 3.69. The van der Waals surface area contributed by atoms with Crippen molar-refractivity contribution in [3.63, 3.8) is 0 Å². The van der Waals surface area contributed by atoms with Crippen molar-refractivity contribution in [2.45, 2.75) is 77.8 Å². The number of nitrogens with one attached hydrogen (secondary N) is 1. The molecular formula is C15H32N2. The van der Waals surface area contributed by atoms with Crippen LogP contribution in [-0.2, 0) is 0 Å². The van der Waals surface area contributed by atoms with Gasteiger partial charge in [-0.05, 0) is 25.8 Å². The molecule has 0 aromatic carbocycles. The van der Waals surface area contributed by atoms with Crippen molar-refractivity contribution >= 4 is 0 Å². The highest BCUT2D eigenvalue weighted by Gasteiger charge is 2.25. The molecule has 1 saturated heterocycles. The van der Waals surface area contributed by atoms with Gasteiger partial charge in [-0.3, -0.25) is 4.90 Å². The zero-order valence-corrected chi connectivity index (χ0v) is 12.2. The van der Waals surface area contributed by atoms with Crippen LogP contribution in [0.4, 0.5) is 0 Å². The predicted molar refractivity (Wildman–Crippen MR) is 76.5 cm³/mol. The Hall–Kier alpha value is -0.0800. The fourth-order valence-corrected chi connectivity index (χ4v) is 2.84. The van der Waals surface area contributed by atoms with Crippen molar-refractivity contribution in [3.05, 3.63) is 0 Å². The third-order valence-corrected chi connectivity index (χ3v) is 4.03. The van der Waals surface area contributed by atoms with Crippen LogP contribution in [0.25, 0.3) is 0 Å². The van der Waals surface area contributed by atoms with E-state index in [1.807, 2.05) is 0 Å². The highest BCUT2D eigenvalue weighted by Crippen LogP contribution is 2.15. The summed E-state index contributed by atoms with van der Waals surface area (Å²) < 4.78 is 0. The fraction of sp³-hybridized carbons (Fsp3) is 1.00. The van der Waals surface area contributed by atoms with Gasteiger partial charge >= 0.3 is 0 Å². The average Bonchev–Trinajstić information content (AvgIpc) is 2.36. The van der Waals surface area contributed by atoms with Crippen LogP contribution in [0, 0.1) is 0 Å². The molecule has 2 unspecified atom stereocenters. The maximum Gasteiger partial charge on any atom is 0.0221 e. The van der Waals surface area contributed by atoms with Gasteiger partial charge in [-0.15, -0.1) is 0 Å². The summed E-state index contributed by atoms with van der Waals surface area (Å²) in [5.74, 6) is 0. The molecular weight excluding hydrogens is 208 g/mol. The van der Waals surface area contributed by atoms with Gasteiger partial charge in [-0.25, -0.2) is 0 Å².